The molecule has 3 unspecified atom stereocenters. The average Bonchev–Trinajstić information content (AvgIpc) is 2.85. The van der Waals surface area contributed by atoms with Gasteiger partial charge in [-0.1, -0.05) is 73.8 Å². The van der Waals surface area contributed by atoms with Crippen molar-refractivity contribution in [2.75, 3.05) is 5.32 Å². The van der Waals surface area contributed by atoms with Gasteiger partial charge in [0.1, 0.15) is 11.0 Å². The molecule has 1 saturated carbocycles. The molecule has 3 nitrogen and oxygen atoms in total. The smallest absolute Gasteiger partial charge is 0.227 e. The zero-order valence-corrected chi connectivity index (χ0v) is 19.9. The first-order chi connectivity index (χ1) is 14.8. The highest BCUT2D eigenvalue weighted by Crippen LogP contribution is 2.34. The molecule has 1 N–H and O–H groups in total. The number of benzene rings is 1. The van der Waals surface area contributed by atoms with E-state index in [1.807, 2.05) is 6.92 Å². The van der Waals surface area contributed by atoms with Crippen LogP contribution in [0.4, 0.5) is 10.1 Å². The second kappa shape index (κ2) is 11.5. The molecule has 1 amide bonds. The van der Waals surface area contributed by atoms with Crippen LogP contribution in [0.25, 0.3) is 0 Å². The number of amides is 1. The quantitative estimate of drug-likeness (QED) is 0.436. The van der Waals surface area contributed by atoms with Gasteiger partial charge in [0.15, 0.2) is 0 Å². The van der Waals surface area contributed by atoms with Crippen molar-refractivity contribution in [1.82, 2.24) is 4.98 Å². The molecule has 1 aromatic carbocycles. The average molecular weight is 486 g/mol. The zero-order valence-electron chi connectivity index (χ0n) is 17.6. The summed E-state index contributed by atoms with van der Waals surface area (Å²) >= 11 is 18.4. The van der Waals surface area contributed by atoms with E-state index < -0.39 is 5.82 Å². The number of carbonyl (C=O) groups is 1. The van der Waals surface area contributed by atoms with Crippen molar-refractivity contribution in [3.8, 4) is 0 Å². The SMILES string of the molecule is CC(C(=O)Nc1ccc(F)c(Cl)c1)C1CCCCC(Cc2c(Cl)ccnc2Cl)CCC1. The molecule has 0 saturated heterocycles. The van der Waals surface area contributed by atoms with Gasteiger partial charge in [-0.3, -0.25) is 4.79 Å². The van der Waals surface area contributed by atoms with Crippen LogP contribution in [0, 0.1) is 23.6 Å². The van der Waals surface area contributed by atoms with Crippen molar-refractivity contribution in [2.24, 2.45) is 17.8 Å². The minimum absolute atomic E-state index is 0.00718. The Morgan fingerprint density at radius 2 is 1.81 bits per heavy atom. The van der Waals surface area contributed by atoms with E-state index >= 15 is 0 Å². The number of nitrogens with one attached hydrogen (secondary N) is 1. The summed E-state index contributed by atoms with van der Waals surface area (Å²) in [6.07, 6.45) is 10.00. The molecule has 31 heavy (non-hydrogen) atoms. The third-order valence-corrected chi connectivity index (χ3v) is 7.34. The molecule has 1 heterocycles. The van der Waals surface area contributed by atoms with Gasteiger partial charge in [0.05, 0.1) is 5.02 Å². The molecule has 1 aliphatic carbocycles. The van der Waals surface area contributed by atoms with Gasteiger partial charge in [-0.2, -0.15) is 0 Å². The van der Waals surface area contributed by atoms with E-state index in [9.17, 15) is 9.18 Å². The van der Waals surface area contributed by atoms with Crippen LogP contribution in [0.2, 0.25) is 15.2 Å². The summed E-state index contributed by atoms with van der Waals surface area (Å²) in [5, 5.41) is 4.07. The van der Waals surface area contributed by atoms with Gasteiger partial charge < -0.3 is 5.32 Å². The fourth-order valence-corrected chi connectivity index (χ4v) is 5.15. The first-order valence-corrected chi connectivity index (χ1v) is 12.0. The number of anilines is 1. The van der Waals surface area contributed by atoms with Crippen LogP contribution >= 0.6 is 34.8 Å². The molecule has 0 spiro atoms. The van der Waals surface area contributed by atoms with Crippen LogP contribution in [0.5, 0.6) is 0 Å². The maximum atomic E-state index is 13.4. The summed E-state index contributed by atoms with van der Waals surface area (Å²) in [6, 6.07) is 6.05. The van der Waals surface area contributed by atoms with E-state index in [0.717, 1.165) is 56.9 Å². The molecule has 3 atom stereocenters. The lowest BCUT2D eigenvalue weighted by Crippen LogP contribution is -2.27. The molecule has 1 aliphatic rings. The number of pyridine rings is 1. The van der Waals surface area contributed by atoms with E-state index in [4.69, 9.17) is 34.8 Å². The molecule has 1 fully saturated rings. The second-order valence-electron chi connectivity index (χ2n) is 8.51. The number of hydrogen-bond acceptors (Lipinski definition) is 2. The minimum Gasteiger partial charge on any atom is -0.326 e. The lowest BCUT2D eigenvalue weighted by Gasteiger charge is -2.23. The highest BCUT2D eigenvalue weighted by molar-refractivity contribution is 6.35. The number of halogens is 4. The van der Waals surface area contributed by atoms with E-state index in [0.29, 0.717) is 27.7 Å². The van der Waals surface area contributed by atoms with Gasteiger partial charge in [0.2, 0.25) is 5.91 Å². The van der Waals surface area contributed by atoms with Crippen molar-refractivity contribution in [3.63, 3.8) is 0 Å². The van der Waals surface area contributed by atoms with Gasteiger partial charge in [-0.05, 0) is 55.4 Å². The van der Waals surface area contributed by atoms with E-state index in [1.165, 1.54) is 18.2 Å². The molecule has 0 aliphatic heterocycles. The highest BCUT2D eigenvalue weighted by atomic mass is 35.5. The summed E-state index contributed by atoms with van der Waals surface area (Å²) in [5.41, 5.74) is 1.47. The van der Waals surface area contributed by atoms with Gasteiger partial charge in [-0.25, -0.2) is 9.37 Å². The van der Waals surface area contributed by atoms with E-state index in [2.05, 4.69) is 10.3 Å². The fraction of sp³-hybridized carbons (Fsp3) is 0.500. The number of hydrogen-bond donors (Lipinski definition) is 1. The lowest BCUT2D eigenvalue weighted by molar-refractivity contribution is -0.121. The van der Waals surface area contributed by atoms with Crippen molar-refractivity contribution >= 4 is 46.4 Å². The fourth-order valence-electron chi connectivity index (χ4n) is 4.46. The Kier molecular flexibility index (Phi) is 9.00. The Bertz CT molecular complexity index is 888. The molecule has 3 rings (SSSR count). The van der Waals surface area contributed by atoms with Crippen LogP contribution in [0.15, 0.2) is 30.5 Å². The van der Waals surface area contributed by atoms with E-state index in [-0.39, 0.29) is 16.8 Å². The summed E-state index contributed by atoms with van der Waals surface area (Å²) in [5.74, 6) is 0.177. The standard InChI is InChI=1S/C24H28Cl3FN2O/c1-15(24(31)30-18-9-10-22(28)21(26)14-18)17-7-3-2-5-16(6-4-8-17)13-19-20(25)11-12-29-23(19)27/h9-12,14-17H,2-8,13H2,1H3,(H,30,31). The molecular weight excluding hydrogens is 458 g/mol. The Morgan fingerprint density at radius 3 is 2.55 bits per heavy atom. The predicted molar refractivity (Wildman–Crippen MR) is 126 cm³/mol. The highest BCUT2D eigenvalue weighted by Gasteiger charge is 2.26. The van der Waals surface area contributed by atoms with Crippen LogP contribution < -0.4 is 5.32 Å². The van der Waals surface area contributed by atoms with Crippen LogP contribution in [0.1, 0.15) is 57.4 Å². The van der Waals surface area contributed by atoms with Crippen molar-refractivity contribution in [2.45, 2.75) is 58.3 Å². The monoisotopic (exact) mass is 484 g/mol. The first kappa shape index (κ1) is 24.3. The summed E-state index contributed by atoms with van der Waals surface area (Å²) < 4.78 is 13.4. The molecular formula is C24H28Cl3FN2O. The van der Waals surface area contributed by atoms with Gasteiger partial charge in [0, 0.05) is 28.4 Å². The number of nitrogens with zero attached hydrogens (tertiary/aromatic N) is 1. The van der Waals surface area contributed by atoms with Crippen LogP contribution in [-0.4, -0.2) is 10.9 Å². The number of aromatic nitrogens is 1. The van der Waals surface area contributed by atoms with Crippen LogP contribution in [0.3, 0.4) is 0 Å². The third-order valence-electron chi connectivity index (χ3n) is 6.37. The Balaban J connectivity index is 1.57. The van der Waals surface area contributed by atoms with Gasteiger partial charge in [0.25, 0.3) is 0 Å². The Hall–Kier alpha value is -1.36. The summed E-state index contributed by atoms with van der Waals surface area (Å²) in [4.78, 5) is 17.0. The Morgan fingerprint density at radius 1 is 1.10 bits per heavy atom. The predicted octanol–water partition coefficient (Wildman–Crippen LogP) is 7.97. The maximum absolute atomic E-state index is 13.4. The molecule has 0 bridgehead atoms. The largest absolute Gasteiger partial charge is 0.326 e. The maximum Gasteiger partial charge on any atom is 0.227 e. The Labute approximate surface area is 198 Å². The van der Waals surface area contributed by atoms with Crippen molar-refractivity contribution < 1.29 is 9.18 Å². The molecule has 7 heteroatoms. The first-order valence-electron chi connectivity index (χ1n) is 10.9. The lowest BCUT2D eigenvalue weighted by atomic mass is 9.84. The van der Waals surface area contributed by atoms with E-state index in [1.54, 1.807) is 12.3 Å². The molecule has 0 radical (unpaired) electrons. The number of rotatable bonds is 5. The molecule has 1 aromatic heterocycles. The minimum atomic E-state index is -0.493. The molecule has 2 aromatic rings. The second-order valence-corrected chi connectivity index (χ2v) is 9.69. The van der Waals surface area contributed by atoms with Crippen molar-refractivity contribution in [1.29, 1.82) is 0 Å². The topological polar surface area (TPSA) is 42.0 Å². The van der Waals surface area contributed by atoms with Gasteiger partial charge in [-0.15, -0.1) is 0 Å². The van der Waals surface area contributed by atoms with Gasteiger partial charge >= 0.3 is 0 Å². The third kappa shape index (κ3) is 6.81. The summed E-state index contributed by atoms with van der Waals surface area (Å²) in [6.45, 7) is 1.98. The zero-order chi connectivity index (χ0) is 22.4. The molecule has 168 valence electrons. The van der Waals surface area contributed by atoms with Crippen LogP contribution in [-0.2, 0) is 11.2 Å². The summed E-state index contributed by atoms with van der Waals surface area (Å²) in [7, 11) is 0. The van der Waals surface area contributed by atoms with Crippen molar-refractivity contribution in [3.05, 3.63) is 57.0 Å². The normalized spacial score (nSPS) is 20.9. The number of carbonyl (C=O) groups excluding carboxylic acids is 1.